The van der Waals surface area contributed by atoms with E-state index in [1.807, 2.05) is 0 Å². The van der Waals surface area contributed by atoms with Gasteiger partial charge in [0.25, 0.3) is 0 Å². The lowest BCUT2D eigenvalue weighted by Gasteiger charge is -2.16. The zero-order chi connectivity index (χ0) is 15.3. The van der Waals surface area contributed by atoms with Crippen LogP contribution in [-0.4, -0.2) is 56.5 Å². The van der Waals surface area contributed by atoms with Crippen LogP contribution in [0, 0.1) is 17.2 Å². The van der Waals surface area contributed by atoms with Crippen molar-refractivity contribution in [2.75, 3.05) is 43.5 Å². The van der Waals surface area contributed by atoms with Crippen molar-refractivity contribution in [3.8, 4) is 6.07 Å². The summed E-state index contributed by atoms with van der Waals surface area (Å²) in [5.74, 6) is 1.29. The standard InChI is InChI=1S/C14H20N4O2S/c1-21(19,20)8-7-18-6-4-12(11-18)10-17-14-13(9-15)3-2-5-16-14/h2-3,5,12H,4,6-8,10-11H2,1H3,(H,16,17)/t12-/m1/s1. The highest BCUT2D eigenvalue weighted by atomic mass is 32.2. The Morgan fingerprint density at radius 1 is 1.57 bits per heavy atom. The third kappa shape index (κ3) is 4.99. The van der Waals surface area contributed by atoms with Gasteiger partial charge in [-0.15, -0.1) is 0 Å². The van der Waals surface area contributed by atoms with Crippen LogP contribution in [0.1, 0.15) is 12.0 Å². The molecule has 1 aliphatic heterocycles. The van der Waals surface area contributed by atoms with Crippen LogP contribution in [0.4, 0.5) is 5.82 Å². The molecule has 2 rings (SSSR count). The number of likely N-dealkylation sites (tertiary alicyclic amines) is 1. The van der Waals surface area contributed by atoms with Crippen LogP contribution in [0.5, 0.6) is 0 Å². The number of nitrogens with zero attached hydrogens (tertiary/aromatic N) is 3. The number of aromatic nitrogens is 1. The van der Waals surface area contributed by atoms with Crippen molar-refractivity contribution >= 4 is 15.7 Å². The molecule has 0 radical (unpaired) electrons. The van der Waals surface area contributed by atoms with E-state index in [2.05, 4.69) is 21.3 Å². The lowest BCUT2D eigenvalue weighted by molar-refractivity contribution is 0.345. The maximum atomic E-state index is 11.2. The summed E-state index contributed by atoms with van der Waals surface area (Å²) in [6, 6.07) is 5.60. The van der Waals surface area contributed by atoms with Crippen LogP contribution in [0.15, 0.2) is 18.3 Å². The van der Waals surface area contributed by atoms with E-state index in [1.165, 1.54) is 6.26 Å². The van der Waals surface area contributed by atoms with E-state index >= 15 is 0 Å². The minimum absolute atomic E-state index is 0.214. The Morgan fingerprint density at radius 2 is 2.38 bits per heavy atom. The number of hydrogen-bond acceptors (Lipinski definition) is 6. The average molecular weight is 308 g/mol. The van der Waals surface area contributed by atoms with Crippen LogP contribution in [0.3, 0.4) is 0 Å². The second-order valence-corrected chi connectivity index (χ2v) is 7.74. The van der Waals surface area contributed by atoms with Crippen molar-refractivity contribution in [2.24, 2.45) is 5.92 Å². The first-order chi connectivity index (χ1) is 9.98. The number of anilines is 1. The maximum absolute atomic E-state index is 11.2. The lowest BCUT2D eigenvalue weighted by atomic mass is 10.1. The Balaban J connectivity index is 1.79. The molecule has 1 aliphatic rings. The zero-order valence-electron chi connectivity index (χ0n) is 12.1. The molecule has 1 atom stereocenters. The smallest absolute Gasteiger partial charge is 0.148 e. The van der Waals surface area contributed by atoms with Crippen molar-refractivity contribution in [3.05, 3.63) is 23.9 Å². The number of rotatable bonds is 6. The van der Waals surface area contributed by atoms with E-state index < -0.39 is 9.84 Å². The van der Waals surface area contributed by atoms with Crippen LogP contribution >= 0.6 is 0 Å². The molecule has 21 heavy (non-hydrogen) atoms. The average Bonchev–Trinajstić information content (AvgIpc) is 2.90. The summed E-state index contributed by atoms with van der Waals surface area (Å²) in [7, 11) is -2.90. The van der Waals surface area contributed by atoms with Crippen molar-refractivity contribution in [1.82, 2.24) is 9.88 Å². The molecule has 0 amide bonds. The number of pyridine rings is 1. The lowest BCUT2D eigenvalue weighted by Crippen LogP contribution is -2.28. The molecule has 0 bridgehead atoms. The molecule has 0 spiro atoms. The first-order valence-electron chi connectivity index (χ1n) is 6.97. The summed E-state index contributed by atoms with van der Waals surface area (Å²) in [6.45, 7) is 3.16. The van der Waals surface area contributed by atoms with E-state index in [0.29, 0.717) is 23.8 Å². The highest BCUT2D eigenvalue weighted by molar-refractivity contribution is 7.90. The van der Waals surface area contributed by atoms with Crippen molar-refractivity contribution in [1.29, 1.82) is 5.26 Å². The van der Waals surface area contributed by atoms with Gasteiger partial charge >= 0.3 is 0 Å². The van der Waals surface area contributed by atoms with E-state index in [1.54, 1.807) is 18.3 Å². The summed E-state index contributed by atoms with van der Waals surface area (Å²) in [5, 5.41) is 12.2. The Kier molecular flexibility index (Phi) is 5.15. The third-order valence-corrected chi connectivity index (χ3v) is 4.56. The Hall–Kier alpha value is -1.65. The molecule has 114 valence electrons. The summed E-state index contributed by atoms with van der Waals surface area (Å²) in [4.78, 5) is 6.35. The van der Waals surface area contributed by atoms with Gasteiger partial charge in [0, 0.05) is 32.1 Å². The monoisotopic (exact) mass is 308 g/mol. The molecule has 1 aromatic heterocycles. The number of nitriles is 1. The van der Waals surface area contributed by atoms with Gasteiger partial charge in [-0.05, 0) is 31.0 Å². The van der Waals surface area contributed by atoms with Crippen molar-refractivity contribution in [3.63, 3.8) is 0 Å². The highest BCUT2D eigenvalue weighted by Crippen LogP contribution is 2.18. The van der Waals surface area contributed by atoms with Gasteiger partial charge in [-0.1, -0.05) is 0 Å². The zero-order valence-corrected chi connectivity index (χ0v) is 12.9. The molecule has 6 nitrogen and oxygen atoms in total. The topological polar surface area (TPSA) is 86.1 Å². The molecule has 1 fully saturated rings. The quantitative estimate of drug-likeness (QED) is 0.834. The minimum Gasteiger partial charge on any atom is -0.369 e. The number of hydrogen-bond donors (Lipinski definition) is 1. The molecule has 0 aliphatic carbocycles. The Morgan fingerprint density at radius 3 is 3.10 bits per heavy atom. The fourth-order valence-electron chi connectivity index (χ4n) is 2.45. The van der Waals surface area contributed by atoms with Gasteiger partial charge in [0.2, 0.25) is 0 Å². The summed E-state index contributed by atoms with van der Waals surface area (Å²) >= 11 is 0. The Labute approximate surface area is 125 Å². The SMILES string of the molecule is CS(=O)(=O)CCN1CC[C@H](CNc2ncccc2C#N)C1. The van der Waals surface area contributed by atoms with Crippen LogP contribution in [0.25, 0.3) is 0 Å². The maximum Gasteiger partial charge on any atom is 0.148 e. The largest absolute Gasteiger partial charge is 0.369 e. The predicted molar refractivity (Wildman–Crippen MR) is 81.7 cm³/mol. The van der Waals surface area contributed by atoms with E-state index in [4.69, 9.17) is 5.26 Å². The van der Waals surface area contributed by atoms with Crippen molar-refractivity contribution < 1.29 is 8.42 Å². The van der Waals surface area contributed by atoms with Gasteiger partial charge in [0.05, 0.1) is 11.3 Å². The number of nitrogens with one attached hydrogen (secondary N) is 1. The predicted octanol–water partition coefficient (Wildman–Crippen LogP) is 0.732. The van der Waals surface area contributed by atoms with Gasteiger partial charge in [0.15, 0.2) is 0 Å². The molecule has 0 saturated carbocycles. The van der Waals surface area contributed by atoms with Gasteiger partial charge in [-0.3, -0.25) is 0 Å². The highest BCUT2D eigenvalue weighted by Gasteiger charge is 2.23. The minimum atomic E-state index is -2.90. The van der Waals surface area contributed by atoms with E-state index in [0.717, 1.165) is 26.1 Å². The van der Waals surface area contributed by atoms with Crippen LogP contribution < -0.4 is 5.32 Å². The Bertz CT molecular complexity index is 624. The molecule has 1 N–H and O–H groups in total. The molecule has 7 heteroatoms. The van der Waals surface area contributed by atoms with Crippen LogP contribution in [0.2, 0.25) is 0 Å². The van der Waals surface area contributed by atoms with Gasteiger partial charge < -0.3 is 10.2 Å². The third-order valence-electron chi connectivity index (χ3n) is 3.63. The van der Waals surface area contributed by atoms with Gasteiger partial charge in [-0.2, -0.15) is 5.26 Å². The summed E-state index contributed by atoms with van der Waals surface area (Å²) in [5.41, 5.74) is 0.546. The molecular formula is C14H20N4O2S. The molecule has 1 saturated heterocycles. The second-order valence-electron chi connectivity index (χ2n) is 5.48. The first-order valence-corrected chi connectivity index (χ1v) is 9.03. The normalized spacial score (nSPS) is 19.3. The molecule has 2 heterocycles. The fourth-order valence-corrected chi connectivity index (χ4v) is 3.04. The second kappa shape index (κ2) is 6.87. The van der Waals surface area contributed by atoms with E-state index in [-0.39, 0.29) is 5.75 Å². The van der Waals surface area contributed by atoms with Gasteiger partial charge in [-0.25, -0.2) is 13.4 Å². The van der Waals surface area contributed by atoms with Gasteiger partial charge in [0.1, 0.15) is 21.7 Å². The summed E-state index contributed by atoms with van der Waals surface area (Å²) in [6.07, 6.45) is 3.97. The first kappa shape index (κ1) is 15.7. The van der Waals surface area contributed by atoms with E-state index in [9.17, 15) is 8.42 Å². The fraction of sp³-hybridized carbons (Fsp3) is 0.571. The van der Waals surface area contributed by atoms with Crippen LogP contribution in [-0.2, 0) is 9.84 Å². The molecular weight excluding hydrogens is 288 g/mol. The van der Waals surface area contributed by atoms with Crippen molar-refractivity contribution in [2.45, 2.75) is 6.42 Å². The summed E-state index contributed by atoms with van der Waals surface area (Å²) < 4.78 is 22.3. The molecule has 0 unspecified atom stereocenters. The number of sulfone groups is 1. The molecule has 1 aromatic rings. The molecule has 0 aromatic carbocycles.